The van der Waals surface area contributed by atoms with Gasteiger partial charge < -0.3 is 9.47 Å². The summed E-state index contributed by atoms with van der Waals surface area (Å²) in [6.45, 7) is 0. The van der Waals surface area contributed by atoms with E-state index in [4.69, 9.17) is 9.47 Å². The summed E-state index contributed by atoms with van der Waals surface area (Å²) in [5.74, 6) is 0.834. The number of para-hydroxylation sites is 2. The Morgan fingerprint density at radius 2 is 1.04 bits per heavy atom. The Labute approximate surface area is 146 Å². The van der Waals surface area contributed by atoms with E-state index in [-0.39, 0.29) is 11.0 Å². The highest BCUT2D eigenvalue weighted by atomic mass is 32.2. The lowest BCUT2D eigenvalue weighted by atomic mass is 10.3. The monoisotopic (exact) mass is 353 g/mol. The van der Waals surface area contributed by atoms with E-state index >= 15 is 0 Å². The van der Waals surface area contributed by atoms with Crippen LogP contribution in [0.15, 0.2) is 100 Å². The third kappa shape index (κ3) is 4.68. The smallest absolute Gasteiger partial charge is 0.410 e. The molecule has 0 heterocycles. The highest BCUT2D eigenvalue weighted by molar-refractivity contribution is 7.90. The number of sulfonamides is 1. The van der Waals surface area contributed by atoms with E-state index in [0.717, 1.165) is 0 Å². The van der Waals surface area contributed by atoms with Crippen molar-refractivity contribution < 1.29 is 17.9 Å². The van der Waals surface area contributed by atoms with Gasteiger partial charge in [0, 0.05) is 0 Å². The molecule has 0 N–H and O–H groups in total. The Kier molecular flexibility index (Phi) is 5.11. The number of hydrogen-bond acceptors (Lipinski definition) is 4. The van der Waals surface area contributed by atoms with Crippen LogP contribution in [-0.2, 0) is 10.0 Å². The molecule has 0 amide bonds. The van der Waals surface area contributed by atoms with Crippen LogP contribution < -0.4 is 9.47 Å². The van der Waals surface area contributed by atoms with Gasteiger partial charge in [-0.25, -0.2) is 0 Å². The maximum atomic E-state index is 12.5. The maximum Gasteiger partial charge on any atom is 0.411 e. The molecule has 3 aromatic rings. The van der Waals surface area contributed by atoms with Crippen LogP contribution in [0.3, 0.4) is 0 Å². The standard InChI is InChI=1S/C19H15NO4S/c21-25(22,18-14-8-3-9-15-18)20-19(23-16-10-4-1-5-11-16)24-17-12-6-2-7-13-17/h1-15H. The van der Waals surface area contributed by atoms with Crippen molar-refractivity contribution in [1.29, 1.82) is 0 Å². The number of nitrogens with zero attached hydrogens (tertiary/aromatic N) is 1. The van der Waals surface area contributed by atoms with Gasteiger partial charge >= 0.3 is 6.08 Å². The predicted octanol–water partition coefficient (Wildman–Crippen LogP) is 3.89. The van der Waals surface area contributed by atoms with Crippen molar-refractivity contribution in [1.82, 2.24) is 0 Å². The summed E-state index contributed by atoms with van der Waals surface area (Å²) in [4.78, 5) is 0.0563. The van der Waals surface area contributed by atoms with E-state index in [1.807, 2.05) is 12.1 Å². The number of benzene rings is 3. The first kappa shape index (κ1) is 16.7. The van der Waals surface area contributed by atoms with E-state index in [1.54, 1.807) is 66.7 Å². The minimum Gasteiger partial charge on any atom is -0.410 e. The van der Waals surface area contributed by atoms with Gasteiger partial charge in [-0.05, 0) is 36.4 Å². The summed E-state index contributed by atoms with van der Waals surface area (Å²) in [6, 6.07) is 25.3. The lowest BCUT2D eigenvalue weighted by Gasteiger charge is -2.10. The fraction of sp³-hybridized carbons (Fsp3) is 0. The largest absolute Gasteiger partial charge is 0.411 e. The highest BCUT2D eigenvalue weighted by Crippen LogP contribution is 2.17. The molecule has 25 heavy (non-hydrogen) atoms. The normalized spacial score (nSPS) is 10.7. The molecule has 0 radical (unpaired) electrons. The molecule has 126 valence electrons. The molecule has 0 spiro atoms. The molecule has 0 atom stereocenters. The molecule has 0 fully saturated rings. The minimum atomic E-state index is -3.96. The van der Waals surface area contributed by atoms with Crippen molar-refractivity contribution in [2.75, 3.05) is 0 Å². The van der Waals surface area contributed by atoms with Crippen LogP contribution in [0.1, 0.15) is 0 Å². The molecule has 5 nitrogen and oxygen atoms in total. The Morgan fingerprint density at radius 1 is 0.640 bits per heavy atom. The van der Waals surface area contributed by atoms with Crippen molar-refractivity contribution >= 4 is 16.1 Å². The van der Waals surface area contributed by atoms with Crippen LogP contribution in [0, 0.1) is 0 Å². The Hall–Kier alpha value is -3.12. The second-order valence-corrected chi connectivity index (χ2v) is 6.58. The van der Waals surface area contributed by atoms with Crippen molar-refractivity contribution in [2.45, 2.75) is 4.90 Å². The topological polar surface area (TPSA) is 65.0 Å². The summed E-state index contributed by atoms with van der Waals surface area (Å²) in [5.41, 5.74) is 0. The third-order valence-electron chi connectivity index (χ3n) is 3.13. The van der Waals surface area contributed by atoms with Gasteiger partial charge in [0.05, 0.1) is 4.90 Å². The van der Waals surface area contributed by atoms with Gasteiger partial charge in [-0.3, -0.25) is 0 Å². The van der Waals surface area contributed by atoms with Crippen molar-refractivity contribution in [2.24, 2.45) is 4.40 Å². The Morgan fingerprint density at radius 3 is 1.48 bits per heavy atom. The van der Waals surface area contributed by atoms with Gasteiger partial charge in [0.15, 0.2) is 0 Å². The molecule has 3 aromatic carbocycles. The van der Waals surface area contributed by atoms with Crippen LogP contribution >= 0.6 is 0 Å². The van der Waals surface area contributed by atoms with Gasteiger partial charge in [-0.2, -0.15) is 8.42 Å². The van der Waals surface area contributed by atoms with E-state index in [0.29, 0.717) is 11.5 Å². The molecular weight excluding hydrogens is 338 g/mol. The van der Waals surface area contributed by atoms with E-state index in [1.165, 1.54) is 12.1 Å². The van der Waals surface area contributed by atoms with E-state index in [2.05, 4.69) is 4.40 Å². The van der Waals surface area contributed by atoms with Gasteiger partial charge in [0.25, 0.3) is 10.0 Å². The van der Waals surface area contributed by atoms with Gasteiger partial charge in [-0.15, -0.1) is 0 Å². The molecule has 0 aromatic heterocycles. The quantitative estimate of drug-likeness (QED) is 0.527. The number of rotatable bonds is 4. The molecule has 0 bridgehead atoms. The van der Waals surface area contributed by atoms with Crippen molar-refractivity contribution in [3.05, 3.63) is 91.0 Å². The average molecular weight is 353 g/mol. The van der Waals surface area contributed by atoms with Gasteiger partial charge in [0.2, 0.25) is 0 Å². The molecular formula is C19H15NO4S. The number of ether oxygens (including phenoxy) is 2. The fourth-order valence-corrected chi connectivity index (χ4v) is 2.86. The average Bonchev–Trinajstić information content (AvgIpc) is 2.64. The minimum absolute atomic E-state index is 0.0563. The predicted molar refractivity (Wildman–Crippen MR) is 95.2 cm³/mol. The van der Waals surface area contributed by atoms with Crippen molar-refractivity contribution in [3.63, 3.8) is 0 Å². The molecule has 0 aliphatic carbocycles. The molecule has 6 heteroatoms. The third-order valence-corrected chi connectivity index (χ3v) is 4.39. The molecule has 0 unspecified atom stereocenters. The Bertz CT molecular complexity index is 897. The van der Waals surface area contributed by atoms with Crippen LogP contribution in [-0.4, -0.2) is 14.5 Å². The Balaban J connectivity index is 1.95. The first-order valence-electron chi connectivity index (χ1n) is 7.49. The summed E-state index contributed by atoms with van der Waals surface area (Å²) < 4.78 is 39.7. The zero-order valence-corrected chi connectivity index (χ0v) is 14.0. The summed E-state index contributed by atoms with van der Waals surface area (Å²) >= 11 is 0. The van der Waals surface area contributed by atoms with Crippen LogP contribution in [0.4, 0.5) is 0 Å². The van der Waals surface area contributed by atoms with E-state index in [9.17, 15) is 8.42 Å². The SMILES string of the molecule is O=S(=O)(N=C(Oc1ccccc1)Oc1ccccc1)c1ccccc1. The lowest BCUT2D eigenvalue weighted by Crippen LogP contribution is -2.19. The highest BCUT2D eigenvalue weighted by Gasteiger charge is 2.17. The summed E-state index contributed by atoms with van der Waals surface area (Å²) in [7, 11) is -3.96. The zero-order valence-electron chi connectivity index (χ0n) is 13.1. The molecule has 0 aliphatic heterocycles. The molecule has 0 aliphatic rings. The second-order valence-electron chi connectivity index (χ2n) is 4.98. The van der Waals surface area contributed by atoms with E-state index < -0.39 is 10.0 Å². The maximum absolute atomic E-state index is 12.5. The molecule has 0 saturated carbocycles. The zero-order chi connectivity index (χ0) is 17.5. The van der Waals surface area contributed by atoms with Crippen LogP contribution in [0.2, 0.25) is 0 Å². The van der Waals surface area contributed by atoms with Gasteiger partial charge in [-0.1, -0.05) is 59.0 Å². The summed E-state index contributed by atoms with van der Waals surface area (Å²) in [5, 5.41) is 0. The molecule has 0 saturated heterocycles. The van der Waals surface area contributed by atoms with Crippen molar-refractivity contribution in [3.8, 4) is 11.5 Å². The number of hydrogen-bond donors (Lipinski definition) is 0. The lowest BCUT2D eigenvalue weighted by molar-refractivity contribution is 0.386. The summed E-state index contributed by atoms with van der Waals surface area (Å²) in [6.07, 6.45) is -0.374. The van der Waals surface area contributed by atoms with Crippen LogP contribution in [0.5, 0.6) is 11.5 Å². The van der Waals surface area contributed by atoms with Gasteiger partial charge in [0.1, 0.15) is 11.5 Å². The fourth-order valence-electron chi connectivity index (χ4n) is 1.98. The second kappa shape index (κ2) is 7.63. The van der Waals surface area contributed by atoms with Crippen LogP contribution in [0.25, 0.3) is 0 Å². The first-order valence-corrected chi connectivity index (χ1v) is 8.93. The molecule has 3 rings (SSSR count). The first-order chi connectivity index (χ1) is 12.1.